The Morgan fingerprint density at radius 3 is 2.64 bits per heavy atom. The van der Waals surface area contributed by atoms with Gasteiger partial charge in [-0.25, -0.2) is 0 Å². The third kappa shape index (κ3) is 2.62. The Morgan fingerprint density at radius 2 is 1.74 bits per heavy atom. The summed E-state index contributed by atoms with van der Waals surface area (Å²) in [5, 5.41) is 3.95. The molecule has 3 nitrogen and oxygen atoms in total. The van der Waals surface area contributed by atoms with Crippen LogP contribution in [0.5, 0.6) is 0 Å². The Kier molecular flexibility index (Phi) is 4.15. The molecule has 0 saturated carbocycles. The van der Waals surface area contributed by atoms with Crippen molar-refractivity contribution in [3.8, 4) is 5.69 Å². The summed E-state index contributed by atoms with van der Waals surface area (Å²) in [6.07, 6.45) is 20.4. The first-order valence-corrected chi connectivity index (χ1v) is 13.9. The molecule has 3 heteroatoms. The van der Waals surface area contributed by atoms with Gasteiger partial charge in [0.2, 0.25) is 0 Å². The van der Waals surface area contributed by atoms with Crippen LogP contribution in [0.15, 0.2) is 127 Å². The van der Waals surface area contributed by atoms with Crippen molar-refractivity contribution in [2.75, 3.05) is 0 Å². The number of para-hydroxylation sites is 2. The van der Waals surface area contributed by atoms with Gasteiger partial charge in [-0.3, -0.25) is 0 Å². The second-order valence-corrected chi connectivity index (χ2v) is 10.9. The zero-order valence-electron chi connectivity index (χ0n) is 21.6. The number of rotatable bonds is 2. The van der Waals surface area contributed by atoms with E-state index in [0.29, 0.717) is 5.92 Å². The van der Waals surface area contributed by atoms with Gasteiger partial charge in [-0.05, 0) is 67.0 Å². The zero-order chi connectivity index (χ0) is 25.7. The van der Waals surface area contributed by atoms with Crippen molar-refractivity contribution in [2.45, 2.75) is 18.9 Å². The summed E-state index contributed by atoms with van der Waals surface area (Å²) in [7, 11) is 0. The monoisotopic (exact) mass is 501 g/mol. The molecule has 4 aliphatic rings. The molecular weight excluding hydrogens is 474 g/mol. The predicted octanol–water partition coefficient (Wildman–Crippen LogP) is 8.90. The van der Waals surface area contributed by atoms with Crippen LogP contribution in [0.25, 0.3) is 50.7 Å². The normalized spacial score (nSPS) is 23.1. The van der Waals surface area contributed by atoms with E-state index in [1.54, 1.807) is 0 Å². The van der Waals surface area contributed by atoms with Crippen molar-refractivity contribution < 1.29 is 0 Å². The molecule has 2 aromatic heterocycles. The number of hydrogen-bond acceptors (Lipinski definition) is 1. The number of allylic oxidation sites excluding steroid dienone is 6. The highest BCUT2D eigenvalue weighted by Crippen LogP contribution is 2.56. The van der Waals surface area contributed by atoms with Crippen LogP contribution in [0, 0.1) is 5.92 Å². The number of benzene rings is 3. The lowest BCUT2D eigenvalue weighted by atomic mass is 9.82. The van der Waals surface area contributed by atoms with Gasteiger partial charge in [0.05, 0.1) is 28.3 Å². The van der Waals surface area contributed by atoms with Gasteiger partial charge in [-0.1, -0.05) is 67.3 Å². The first-order valence-electron chi connectivity index (χ1n) is 13.9. The molecule has 3 aromatic carbocycles. The van der Waals surface area contributed by atoms with Crippen molar-refractivity contribution in [1.29, 1.82) is 0 Å². The van der Waals surface area contributed by atoms with Gasteiger partial charge in [0.15, 0.2) is 0 Å². The molecule has 4 heterocycles. The minimum Gasteiger partial charge on any atom is -0.336 e. The summed E-state index contributed by atoms with van der Waals surface area (Å²) in [5.74, 6) is 0.304. The minimum absolute atomic E-state index is 0.179. The lowest BCUT2D eigenvalue weighted by Gasteiger charge is -2.35. The van der Waals surface area contributed by atoms with E-state index in [4.69, 9.17) is 0 Å². The Hall–Kier alpha value is -4.76. The average molecular weight is 502 g/mol. The van der Waals surface area contributed by atoms with Crippen molar-refractivity contribution in [1.82, 2.24) is 14.0 Å². The fraction of sp³-hybridized carbons (Fsp3) is 0.111. The zero-order valence-corrected chi connectivity index (χ0v) is 21.6. The summed E-state index contributed by atoms with van der Waals surface area (Å²) in [5.41, 5.74) is 11.7. The molecule has 0 N–H and O–H groups in total. The molecule has 0 saturated heterocycles. The summed E-state index contributed by atoms with van der Waals surface area (Å²) >= 11 is 0. The van der Waals surface area contributed by atoms with Crippen LogP contribution in [-0.2, 0) is 0 Å². The molecular formula is C36H27N3. The van der Waals surface area contributed by atoms with Crippen LogP contribution in [0.2, 0.25) is 0 Å². The lowest BCUT2D eigenvalue weighted by molar-refractivity contribution is 0.320. The number of aromatic nitrogens is 2. The van der Waals surface area contributed by atoms with Crippen LogP contribution in [0.3, 0.4) is 0 Å². The predicted molar refractivity (Wildman–Crippen MR) is 162 cm³/mol. The molecule has 2 aliphatic heterocycles. The lowest BCUT2D eigenvalue weighted by Crippen LogP contribution is -2.27. The van der Waals surface area contributed by atoms with Crippen molar-refractivity contribution in [3.05, 3.63) is 138 Å². The number of hydrogen-bond donors (Lipinski definition) is 0. The highest BCUT2D eigenvalue weighted by Gasteiger charge is 2.45. The summed E-state index contributed by atoms with van der Waals surface area (Å²) in [6, 6.07) is 24.5. The Morgan fingerprint density at radius 1 is 0.872 bits per heavy atom. The van der Waals surface area contributed by atoms with Gasteiger partial charge >= 0.3 is 0 Å². The van der Waals surface area contributed by atoms with E-state index in [1.807, 2.05) is 6.08 Å². The molecule has 0 radical (unpaired) electrons. The summed E-state index contributed by atoms with van der Waals surface area (Å²) in [4.78, 5) is 2.61. The molecule has 0 spiro atoms. The average Bonchev–Trinajstić information content (AvgIpc) is 3.61. The second kappa shape index (κ2) is 7.64. The fourth-order valence-corrected chi connectivity index (χ4v) is 7.62. The third-order valence-corrected chi connectivity index (χ3v) is 9.09. The minimum atomic E-state index is 0.179. The standard InChI is InChI=1S/C36H27N3/c1-2-23-13-10-22-37-29-16-8-6-14-25(29)27-18-20-31-33(35(27)37)34-32(38(31)24-11-4-3-5-12-24)21-19-28-26-15-7-9-17-30(26)39(23)36(28)34/h2-8,10-16,18-22,28,36H,1,9,17H2/b22-10-,23-13+. The molecule has 9 rings (SSSR count). The third-order valence-electron chi connectivity index (χ3n) is 9.09. The van der Waals surface area contributed by atoms with Gasteiger partial charge < -0.3 is 14.0 Å². The number of nitrogens with zero attached hydrogens (tertiary/aromatic N) is 3. The molecule has 2 aliphatic carbocycles. The molecule has 2 atom stereocenters. The summed E-state index contributed by atoms with van der Waals surface area (Å²) < 4.78 is 4.88. The van der Waals surface area contributed by atoms with Crippen LogP contribution in [-0.4, -0.2) is 14.0 Å². The molecule has 0 fully saturated rings. The molecule has 0 amide bonds. The van der Waals surface area contributed by atoms with Gasteiger partial charge in [0, 0.05) is 50.9 Å². The SMILES string of the molecule is C=C/C1=C\C=C/n2c3ccccc3c3ccc4c(c5c(n4-c4ccccc4)C=CC4C6=C(CCC=C6)N1C54)c32. The Bertz CT molecular complexity index is 2040. The highest BCUT2D eigenvalue weighted by molar-refractivity contribution is 6.20. The maximum atomic E-state index is 4.28. The van der Waals surface area contributed by atoms with E-state index in [-0.39, 0.29) is 6.04 Å². The highest BCUT2D eigenvalue weighted by atomic mass is 15.2. The molecule has 2 unspecified atom stereocenters. The Balaban J connectivity index is 1.52. The van der Waals surface area contributed by atoms with E-state index in [0.717, 1.165) is 18.5 Å². The van der Waals surface area contributed by atoms with Gasteiger partial charge in [-0.15, -0.1) is 0 Å². The van der Waals surface area contributed by atoms with Crippen LogP contribution < -0.4 is 0 Å². The van der Waals surface area contributed by atoms with E-state index in [2.05, 4.69) is 130 Å². The second-order valence-electron chi connectivity index (χ2n) is 10.9. The maximum Gasteiger partial charge on any atom is 0.0720 e. The fourth-order valence-electron chi connectivity index (χ4n) is 7.62. The Labute approximate surface area is 227 Å². The van der Waals surface area contributed by atoms with Gasteiger partial charge in [0.1, 0.15) is 0 Å². The maximum absolute atomic E-state index is 4.28. The molecule has 0 bridgehead atoms. The van der Waals surface area contributed by atoms with E-state index < -0.39 is 0 Å². The topological polar surface area (TPSA) is 13.1 Å². The first-order chi connectivity index (χ1) is 19.3. The van der Waals surface area contributed by atoms with E-state index in [1.165, 1.54) is 60.9 Å². The van der Waals surface area contributed by atoms with Gasteiger partial charge in [0.25, 0.3) is 0 Å². The van der Waals surface area contributed by atoms with Crippen LogP contribution in [0.4, 0.5) is 0 Å². The van der Waals surface area contributed by atoms with Crippen molar-refractivity contribution in [3.63, 3.8) is 0 Å². The van der Waals surface area contributed by atoms with Crippen LogP contribution in [0.1, 0.15) is 30.1 Å². The number of fused-ring (bicyclic) bond motifs is 5. The molecule has 186 valence electrons. The summed E-state index contributed by atoms with van der Waals surface area (Å²) in [6.45, 7) is 4.28. The largest absolute Gasteiger partial charge is 0.336 e. The van der Waals surface area contributed by atoms with Crippen LogP contribution >= 0.6 is 0 Å². The van der Waals surface area contributed by atoms with Crippen molar-refractivity contribution in [2.24, 2.45) is 5.92 Å². The molecule has 5 aromatic rings. The smallest absolute Gasteiger partial charge is 0.0720 e. The van der Waals surface area contributed by atoms with Crippen molar-refractivity contribution >= 4 is 45.0 Å². The molecule has 39 heavy (non-hydrogen) atoms. The van der Waals surface area contributed by atoms with E-state index in [9.17, 15) is 0 Å². The first kappa shape index (κ1) is 21.2. The quantitative estimate of drug-likeness (QED) is 0.235. The van der Waals surface area contributed by atoms with E-state index >= 15 is 0 Å². The van der Waals surface area contributed by atoms with Gasteiger partial charge in [-0.2, -0.15) is 0 Å².